The molecule has 1 nitrogen and oxygen atoms in total. The molecular formula is C7H14OS. The minimum Gasteiger partial charge on any atom is -0.299 e. The van der Waals surface area contributed by atoms with Crippen LogP contribution in [0.1, 0.15) is 26.7 Å². The maximum absolute atomic E-state index is 10.9. The predicted octanol–water partition coefficient (Wildman–Crippen LogP) is 1.92. The van der Waals surface area contributed by atoms with E-state index < -0.39 is 0 Å². The molecule has 0 aromatic heterocycles. The largest absolute Gasteiger partial charge is 0.299 e. The summed E-state index contributed by atoms with van der Waals surface area (Å²) in [5, 5.41) is 0. The lowest BCUT2D eigenvalue weighted by atomic mass is 10.0. The van der Waals surface area contributed by atoms with Crippen LogP contribution in [0.2, 0.25) is 0 Å². The molecule has 0 N–H and O–H groups in total. The van der Waals surface area contributed by atoms with Gasteiger partial charge < -0.3 is 0 Å². The van der Waals surface area contributed by atoms with E-state index in [-0.39, 0.29) is 5.92 Å². The first-order chi connectivity index (χ1) is 4.26. The van der Waals surface area contributed by atoms with Crippen molar-refractivity contribution in [1.29, 1.82) is 0 Å². The van der Waals surface area contributed by atoms with Crippen LogP contribution in [0.3, 0.4) is 0 Å². The van der Waals surface area contributed by atoms with Gasteiger partial charge in [0.2, 0.25) is 0 Å². The normalized spacial score (nSPS) is 13.2. The van der Waals surface area contributed by atoms with Crippen molar-refractivity contribution < 1.29 is 4.79 Å². The quantitative estimate of drug-likeness (QED) is 0.600. The first-order valence-corrected chi connectivity index (χ1v) is 4.03. The first-order valence-electron chi connectivity index (χ1n) is 3.39. The van der Waals surface area contributed by atoms with Crippen LogP contribution < -0.4 is 0 Å². The van der Waals surface area contributed by atoms with Crippen molar-refractivity contribution in [3.05, 3.63) is 0 Å². The Morgan fingerprint density at radius 3 is 2.22 bits per heavy atom. The number of hydrogen-bond donors (Lipinski definition) is 1. The van der Waals surface area contributed by atoms with Gasteiger partial charge in [-0.05, 0) is 12.2 Å². The minimum atomic E-state index is 0.193. The van der Waals surface area contributed by atoms with Gasteiger partial charge in [0.15, 0.2) is 0 Å². The Balaban J connectivity index is 3.64. The first kappa shape index (κ1) is 9.02. The molecule has 0 aliphatic carbocycles. The lowest BCUT2D eigenvalue weighted by molar-refractivity contribution is -0.121. The summed E-state index contributed by atoms with van der Waals surface area (Å²) in [4.78, 5) is 10.9. The molecule has 0 aliphatic heterocycles. The molecule has 0 aliphatic rings. The van der Waals surface area contributed by atoms with Crippen molar-refractivity contribution in [2.45, 2.75) is 26.7 Å². The highest BCUT2D eigenvalue weighted by atomic mass is 32.1. The molecule has 0 saturated heterocycles. The van der Waals surface area contributed by atoms with Gasteiger partial charge in [-0.25, -0.2) is 0 Å². The van der Waals surface area contributed by atoms with Crippen molar-refractivity contribution >= 4 is 18.4 Å². The van der Waals surface area contributed by atoms with E-state index in [0.29, 0.717) is 18.0 Å². The Bertz CT molecular complexity index is 86.9. The molecule has 0 unspecified atom stereocenters. The lowest BCUT2D eigenvalue weighted by Crippen LogP contribution is -2.13. The lowest BCUT2D eigenvalue weighted by Gasteiger charge is -2.06. The van der Waals surface area contributed by atoms with E-state index in [1.165, 1.54) is 0 Å². The molecule has 0 radical (unpaired) electrons. The molecule has 2 heteroatoms. The fourth-order valence-electron chi connectivity index (χ4n) is 0.747. The molecule has 0 rings (SSSR count). The Morgan fingerprint density at radius 2 is 2.11 bits per heavy atom. The summed E-state index contributed by atoms with van der Waals surface area (Å²) in [5.41, 5.74) is 0. The molecule has 0 fully saturated rings. The van der Waals surface area contributed by atoms with E-state index in [1.54, 1.807) is 0 Å². The molecule has 9 heavy (non-hydrogen) atoms. The van der Waals surface area contributed by atoms with Gasteiger partial charge in [-0.2, -0.15) is 12.6 Å². The molecular weight excluding hydrogens is 132 g/mol. The minimum absolute atomic E-state index is 0.193. The molecule has 0 heterocycles. The zero-order chi connectivity index (χ0) is 7.28. The summed E-state index contributed by atoms with van der Waals surface area (Å²) in [5.74, 6) is 1.23. The van der Waals surface area contributed by atoms with Gasteiger partial charge in [0.1, 0.15) is 5.78 Å². The molecule has 0 amide bonds. The van der Waals surface area contributed by atoms with Crippen LogP contribution in [-0.2, 0) is 4.79 Å². The van der Waals surface area contributed by atoms with Gasteiger partial charge in [0.25, 0.3) is 0 Å². The molecule has 0 aromatic carbocycles. The summed E-state index contributed by atoms with van der Waals surface area (Å²) in [6.45, 7) is 3.92. The monoisotopic (exact) mass is 146 g/mol. The van der Waals surface area contributed by atoms with Crippen LogP contribution in [0.25, 0.3) is 0 Å². The third kappa shape index (κ3) is 2.89. The number of carbonyl (C=O) groups is 1. The van der Waals surface area contributed by atoms with E-state index in [4.69, 9.17) is 0 Å². The van der Waals surface area contributed by atoms with Crippen LogP contribution in [-0.4, -0.2) is 11.5 Å². The fraction of sp³-hybridized carbons (Fsp3) is 0.857. The summed E-state index contributed by atoms with van der Waals surface area (Å²) in [6, 6.07) is 0. The SMILES string of the molecule is CCC(=O)[C@H](CC)CS. The van der Waals surface area contributed by atoms with Gasteiger partial charge >= 0.3 is 0 Å². The number of thiol groups is 1. The second kappa shape index (κ2) is 4.86. The Hall–Kier alpha value is 0.0200. The molecule has 54 valence electrons. The molecule has 1 atom stereocenters. The Kier molecular flexibility index (Phi) is 4.87. The van der Waals surface area contributed by atoms with E-state index in [0.717, 1.165) is 6.42 Å². The second-order valence-corrected chi connectivity index (χ2v) is 2.47. The Labute approximate surface area is 62.2 Å². The smallest absolute Gasteiger partial charge is 0.136 e. The second-order valence-electron chi connectivity index (χ2n) is 2.11. The van der Waals surface area contributed by atoms with Crippen molar-refractivity contribution in [1.82, 2.24) is 0 Å². The summed E-state index contributed by atoms with van der Waals surface area (Å²) >= 11 is 4.07. The standard InChI is InChI=1S/C7H14OS/c1-3-6(5-9)7(8)4-2/h6,9H,3-5H2,1-2H3/t6-/m1/s1. The number of hydrogen-bond acceptors (Lipinski definition) is 2. The number of rotatable bonds is 4. The van der Waals surface area contributed by atoms with Gasteiger partial charge in [-0.1, -0.05) is 13.8 Å². The van der Waals surface area contributed by atoms with E-state index in [2.05, 4.69) is 12.6 Å². The molecule has 0 spiro atoms. The number of carbonyl (C=O) groups excluding carboxylic acids is 1. The van der Waals surface area contributed by atoms with Crippen LogP contribution in [0.4, 0.5) is 0 Å². The zero-order valence-corrected chi connectivity index (χ0v) is 6.95. The van der Waals surface area contributed by atoms with Crippen LogP contribution in [0, 0.1) is 5.92 Å². The third-order valence-electron chi connectivity index (χ3n) is 1.52. The van der Waals surface area contributed by atoms with E-state index >= 15 is 0 Å². The number of ketones is 1. The molecule has 0 saturated carbocycles. The van der Waals surface area contributed by atoms with Crippen LogP contribution >= 0.6 is 12.6 Å². The summed E-state index contributed by atoms with van der Waals surface area (Å²) in [6.07, 6.45) is 1.58. The average Bonchev–Trinajstić information content (AvgIpc) is 1.90. The highest BCUT2D eigenvalue weighted by molar-refractivity contribution is 7.80. The number of Topliss-reactive ketones (excluding diaryl/α,β-unsaturated/α-hetero) is 1. The van der Waals surface area contributed by atoms with Crippen molar-refractivity contribution in [2.24, 2.45) is 5.92 Å². The topological polar surface area (TPSA) is 17.1 Å². The zero-order valence-electron chi connectivity index (χ0n) is 6.05. The van der Waals surface area contributed by atoms with Crippen molar-refractivity contribution in [3.63, 3.8) is 0 Å². The highest BCUT2D eigenvalue weighted by Crippen LogP contribution is 2.07. The maximum Gasteiger partial charge on any atom is 0.136 e. The predicted molar refractivity (Wildman–Crippen MR) is 42.9 cm³/mol. The molecule has 0 aromatic rings. The van der Waals surface area contributed by atoms with E-state index in [1.807, 2.05) is 13.8 Å². The van der Waals surface area contributed by atoms with E-state index in [9.17, 15) is 4.79 Å². The summed E-state index contributed by atoms with van der Waals surface area (Å²) in [7, 11) is 0. The van der Waals surface area contributed by atoms with Gasteiger partial charge in [-0.3, -0.25) is 4.79 Å². The Morgan fingerprint density at radius 1 is 1.56 bits per heavy atom. The van der Waals surface area contributed by atoms with Gasteiger partial charge in [0.05, 0.1) is 0 Å². The van der Waals surface area contributed by atoms with Gasteiger partial charge in [-0.15, -0.1) is 0 Å². The fourth-order valence-corrected chi connectivity index (χ4v) is 1.21. The average molecular weight is 146 g/mol. The van der Waals surface area contributed by atoms with Crippen LogP contribution in [0.15, 0.2) is 0 Å². The summed E-state index contributed by atoms with van der Waals surface area (Å²) < 4.78 is 0. The van der Waals surface area contributed by atoms with Crippen molar-refractivity contribution in [3.8, 4) is 0 Å². The molecule has 0 bridgehead atoms. The third-order valence-corrected chi connectivity index (χ3v) is 1.96. The van der Waals surface area contributed by atoms with Crippen LogP contribution in [0.5, 0.6) is 0 Å². The highest BCUT2D eigenvalue weighted by Gasteiger charge is 2.10. The van der Waals surface area contributed by atoms with Gasteiger partial charge in [0, 0.05) is 12.3 Å². The van der Waals surface area contributed by atoms with Crippen molar-refractivity contribution in [2.75, 3.05) is 5.75 Å². The maximum atomic E-state index is 10.9.